The van der Waals surface area contributed by atoms with Crippen LogP contribution in [-0.4, -0.2) is 61.8 Å². The first-order valence-corrected chi connectivity index (χ1v) is 14.0. The van der Waals surface area contributed by atoms with Crippen LogP contribution in [-0.2, 0) is 16.0 Å². The van der Waals surface area contributed by atoms with E-state index in [1.54, 1.807) is 24.4 Å². The number of nitrogens with one attached hydrogen (secondary N) is 1. The number of hydrogen-bond donors (Lipinski definition) is 1. The predicted molar refractivity (Wildman–Crippen MR) is 154 cm³/mol. The number of benzene rings is 2. The highest BCUT2D eigenvalue weighted by Crippen LogP contribution is 2.33. The predicted octanol–water partition coefficient (Wildman–Crippen LogP) is 6.29. The minimum atomic E-state index is -4.78. The molecule has 0 atom stereocenters. The number of carbonyl (C=O) groups is 1. The Hall–Kier alpha value is -3.67. The maximum absolute atomic E-state index is 12.4. The van der Waals surface area contributed by atoms with Crippen molar-refractivity contribution in [2.75, 3.05) is 38.3 Å². The Morgan fingerprint density at radius 2 is 1.90 bits per heavy atom. The number of anilines is 1. The van der Waals surface area contributed by atoms with Gasteiger partial charge < -0.3 is 24.4 Å². The molecule has 42 heavy (non-hydrogen) atoms. The van der Waals surface area contributed by atoms with Gasteiger partial charge in [-0.05, 0) is 61.7 Å². The van der Waals surface area contributed by atoms with E-state index >= 15 is 0 Å². The summed E-state index contributed by atoms with van der Waals surface area (Å²) in [6, 6.07) is 11.6. The van der Waals surface area contributed by atoms with Gasteiger partial charge in [0.15, 0.2) is 0 Å². The number of piperidine rings is 1. The molecule has 0 radical (unpaired) electrons. The number of pyridine rings is 2. The third-order valence-electron chi connectivity index (χ3n) is 7.14. The fourth-order valence-electron chi connectivity index (χ4n) is 5.09. The van der Waals surface area contributed by atoms with Crippen LogP contribution in [0.5, 0.6) is 5.75 Å². The molecule has 0 aliphatic carbocycles. The maximum atomic E-state index is 12.4. The zero-order valence-electron chi connectivity index (χ0n) is 22.9. The minimum absolute atomic E-state index is 0.0872. The molecule has 1 aliphatic heterocycles. The molecular weight excluding hydrogens is 573 g/mol. The third kappa shape index (κ3) is 7.21. The highest BCUT2D eigenvalue weighted by molar-refractivity contribution is 6.32. The summed E-state index contributed by atoms with van der Waals surface area (Å²) in [6.45, 7) is 3.31. The van der Waals surface area contributed by atoms with Gasteiger partial charge in [-0.25, -0.2) is 9.78 Å². The van der Waals surface area contributed by atoms with Crippen LogP contribution >= 0.6 is 11.6 Å². The standard InChI is InChI=1S/C30H30ClF3N4O4/c1-40-29(39)20-4-5-22-24-18-36-11-7-23(24)28(37-26(22)16-20)38-12-8-21(9-13-38)41-14-2-10-35-17-19-3-6-27(25(31)15-19)42-30(32,33)34/h3-7,11,15-16,18,21,35H,2,8-10,12-14,17H2,1H3. The van der Waals surface area contributed by atoms with E-state index < -0.39 is 18.1 Å². The number of fused-ring (bicyclic) bond motifs is 3. The number of methoxy groups -OCH3 is 1. The van der Waals surface area contributed by atoms with E-state index in [1.807, 2.05) is 18.3 Å². The van der Waals surface area contributed by atoms with Crippen LogP contribution in [0.25, 0.3) is 21.7 Å². The Bertz CT molecular complexity index is 1560. The van der Waals surface area contributed by atoms with Gasteiger partial charge in [-0.3, -0.25) is 4.98 Å². The molecule has 4 aromatic rings. The van der Waals surface area contributed by atoms with Crippen molar-refractivity contribution in [3.8, 4) is 5.75 Å². The molecule has 3 heterocycles. The van der Waals surface area contributed by atoms with Crippen LogP contribution < -0.4 is 15.0 Å². The van der Waals surface area contributed by atoms with Crippen LogP contribution in [0, 0.1) is 0 Å². The number of ether oxygens (including phenoxy) is 3. The lowest BCUT2D eigenvalue weighted by Crippen LogP contribution is -2.38. The average molecular weight is 603 g/mol. The van der Waals surface area contributed by atoms with Crippen LogP contribution in [0.1, 0.15) is 35.2 Å². The van der Waals surface area contributed by atoms with Crippen molar-refractivity contribution in [3.63, 3.8) is 0 Å². The normalized spacial score (nSPS) is 14.5. The van der Waals surface area contributed by atoms with Crippen molar-refractivity contribution < 1.29 is 32.2 Å². The molecule has 1 fully saturated rings. The topological polar surface area (TPSA) is 85.8 Å². The first kappa shape index (κ1) is 29.8. The number of halogens is 4. The zero-order chi connectivity index (χ0) is 29.7. The van der Waals surface area contributed by atoms with Gasteiger partial charge in [0.1, 0.15) is 11.6 Å². The van der Waals surface area contributed by atoms with Crippen LogP contribution in [0.2, 0.25) is 5.02 Å². The molecular formula is C30H30ClF3N4O4. The summed E-state index contributed by atoms with van der Waals surface area (Å²) in [4.78, 5) is 23.6. The Kier molecular flexibility index (Phi) is 9.30. The van der Waals surface area contributed by atoms with Gasteiger partial charge in [-0.1, -0.05) is 23.7 Å². The number of aromatic nitrogens is 2. The summed E-state index contributed by atoms with van der Waals surface area (Å²) in [7, 11) is 1.36. The molecule has 5 rings (SSSR count). The molecule has 2 aromatic heterocycles. The van der Waals surface area contributed by atoms with E-state index in [4.69, 9.17) is 26.1 Å². The summed E-state index contributed by atoms with van der Waals surface area (Å²) in [5, 5.41) is 6.09. The van der Waals surface area contributed by atoms with Gasteiger partial charge in [0.25, 0.3) is 0 Å². The molecule has 0 unspecified atom stereocenters. The average Bonchev–Trinajstić information content (AvgIpc) is 2.98. The summed E-state index contributed by atoms with van der Waals surface area (Å²) >= 11 is 5.91. The third-order valence-corrected chi connectivity index (χ3v) is 7.44. The molecule has 2 aromatic carbocycles. The first-order chi connectivity index (χ1) is 20.2. The summed E-state index contributed by atoms with van der Waals surface area (Å²) in [5.74, 6) is 0.0436. The van der Waals surface area contributed by atoms with Crippen LogP contribution in [0.15, 0.2) is 54.9 Å². The molecule has 0 bridgehead atoms. The van der Waals surface area contributed by atoms with Crippen molar-refractivity contribution in [1.29, 1.82) is 0 Å². The second kappa shape index (κ2) is 13.1. The largest absolute Gasteiger partial charge is 0.573 e. The SMILES string of the molecule is COC(=O)c1ccc2c(c1)nc(N1CCC(OCCCNCc3ccc(OC(F)(F)F)c(Cl)c3)CC1)c1ccncc12. The lowest BCUT2D eigenvalue weighted by Gasteiger charge is -2.33. The number of nitrogens with zero attached hydrogens (tertiary/aromatic N) is 3. The van der Waals surface area contributed by atoms with E-state index in [0.29, 0.717) is 30.8 Å². The Morgan fingerprint density at radius 1 is 1.10 bits per heavy atom. The fraction of sp³-hybridized carbons (Fsp3) is 0.367. The summed E-state index contributed by atoms with van der Waals surface area (Å²) in [6.07, 6.45) is 1.45. The quantitative estimate of drug-likeness (QED) is 0.129. The Balaban J connectivity index is 1.11. The molecule has 0 amide bonds. The molecule has 12 heteroatoms. The van der Waals surface area contributed by atoms with Crippen molar-refractivity contribution in [1.82, 2.24) is 15.3 Å². The van der Waals surface area contributed by atoms with Crippen LogP contribution in [0.4, 0.5) is 19.0 Å². The number of carbonyl (C=O) groups excluding carboxylic acids is 1. The Morgan fingerprint density at radius 3 is 2.64 bits per heavy atom. The number of alkyl halides is 3. The van der Waals surface area contributed by atoms with E-state index in [9.17, 15) is 18.0 Å². The minimum Gasteiger partial charge on any atom is -0.465 e. The lowest BCUT2D eigenvalue weighted by molar-refractivity contribution is -0.274. The van der Waals surface area contributed by atoms with Crippen LogP contribution in [0.3, 0.4) is 0 Å². The van der Waals surface area contributed by atoms with Gasteiger partial charge in [0.2, 0.25) is 0 Å². The Labute approximate surface area is 245 Å². The van der Waals surface area contributed by atoms with Gasteiger partial charge in [0.05, 0.1) is 29.3 Å². The van der Waals surface area contributed by atoms with E-state index in [-0.39, 0.29) is 11.1 Å². The highest BCUT2D eigenvalue weighted by atomic mass is 35.5. The molecule has 1 N–H and O–H groups in total. The lowest BCUT2D eigenvalue weighted by atomic mass is 10.0. The van der Waals surface area contributed by atoms with E-state index in [0.717, 1.165) is 59.9 Å². The molecule has 1 saturated heterocycles. The smallest absolute Gasteiger partial charge is 0.465 e. The maximum Gasteiger partial charge on any atom is 0.573 e. The monoisotopic (exact) mass is 602 g/mol. The second-order valence-electron chi connectivity index (χ2n) is 9.98. The van der Waals surface area contributed by atoms with Crippen molar-refractivity contribution in [2.45, 2.75) is 38.3 Å². The van der Waals surface area contributed by atoms with Gasteiger partial charge in [0, 0.05) is 54.8 Å². The molecule has 0 saturated carbocycles. The van der Waals surface area contributed by atoms with Crippen molar-refractivity contribution >= 4 is 45.1 Å². The number of esters is 1. The molecule has 1 aliphatic rings. The van der Waals surface area contributed by atoms with Crippen molar-refractivity contribution in [2.24, 2.45) is 0 Å². The number of rotatable bonds is 10. The molecule has 8 nitrogen and oxygen atoms in total. The molecule has 222 valence electrons. The molecule has 0 spiro atoms. The van der Waals surface area contributed by atoms with E-state index in [2.05, 4.69) is 19.9 Å². The fourth-order valence-corrected chi connectivity index (χ4v) is 5.33. The summed E-state index contributed by atoms with van der Waals surface area (Å²) < 4.78 is 52.1. The van der Waals surface area contributed by atoms with E-state index in [1.165, 1.54) is 19.2 Å². The summed E-state index contributed by atoms with van der Waals surface area (Å²) in [5.41, 5.74) is 1.92. The van der Waals surface area contributed by atoms with Crippen molar-refractivity contribution in [3.05, 3.63) is 71.0 Å². The van der Waals surface area contributed by atoms with Gasteiger partial charge in [-0.2, -0.15) is 0 Å². The highest BCUT2D eigenvalue weighted by Gasteiger charge is 2.32. The first-order valence-electron chi connectivity index (χ1n) is 13.6. The number of hydrogen-bond acceptors (Lipinski definition) is 8. The second-order valence-corrected chi connectivity index (χ2v) is 10.4. The van der Waals surface area contributed by atoms with Gasteiger partial charge in [-0.15, -0.1) is 13.2 Å². The zero-order valence-corrected chi connectivity index (χ0v) is 23.7. The van der Waals surface area contributed by atoms with Gasteiger partial charge >= 0.3 is 12.3 Å².